The average Bonchev–Trinajstić information content (AvgIpc) is 2.15. The van der Waals surface area contributed by atoms with Crippen LogP contribution in [0.4, 0.5) is 13.2 Å². The Morgan fingerprint density at radius 2 is 1.87 bits per heavy atom. The fraction of sp³-hybridized carbons (Fsp3) is 0.111. The molecule has 0 atom stereocenters. The van der Waals surface area contributed by atoms with E-state index >= 15 is 0 Å². The normalized spacial score (nSPS) is 12.0. The number of hydrogen-bond donors (Lipinski definition) is 0. The van der Waals surface area contributed by atoms with E-state index in [1.807, 2.05) is 0 Å². The SMILES string of the molecule is FC(F)(F)c1ccc2ncc(Br)nc2c1. The molecule has 1 heterocycles. The molecule has 0 unspecified atom stereocenters. The highest BCUT2D eigenvalue weighted by Crippen LogP contribution is 2.30. The van der Waals surface area contributed by atoms with Crippen LogP contribution in [-0.4, -0.2) is 9.97 Å². The average molecular weight is 277 g/mol. The predicted molar refractivity (Wildman–Crippen MR) is 52.2 cm³/mol. The smallest absolute Gasteiger partial charge is 0.252 e. The third-order valence-electron chi connectivity index (χ3n) is 1.84. The van der Waals surface area contributed by atoms with Crippen molar-refractivity contribution in [2.24, 2.45) is 0 Å². The third-order valence-corrected chi connectivity index (χ3v) is 2.22. The number of alkyl halides is 3. The van der Waals surface area contributed by atoms with Crippen molar-refractivity contribution in [2.75, 3.05) is 0 Å². The summed E-state index contributed by atoms with van der Waals surface area (Å²) in [6.45, 7) is 0. The minimum Gasteiger partial charge on any atom is -0.252 e. The van der Waals surface area contributed by atoms with Gasteiger partial charge >= 0.3 is 6.18 Å². The lowest BCUT2D eigenvalue weighted by atomic mass is 10.2. The minimum absolute atomic E-state index is 0.221. The summed E-state index contributed by atoms with van der Waals surface area (Å²) in [6.07, 6.45) is -2.91. The van der Waals surface area contributed by atoms with Crippen molar-refractivity contribution < 1.29 is 13.2 Å². The molecule has 2 rings (SSSR count). The van der Waals surface area contributed by atoms with Crippen LogP contribution in [0.1, 0.15) is 5.56 Å². The molecular formula is C9H4BrF3N2. The second-order valence-corrected chi connectivity index (χ2v) is 3.71. The first kappa shape index (κ1) is 10.4. The van der Waals surface area contributed by atoms with Crippen LogP contribution in [0.25, 0.3) is 11.0 Å². The number of benzene rings is 1. The Balaban J connectivity index is 2.64. The van der Waals surface area contributed by atoms with Crippen LogP contribution in [0.5, 0.6) is 0 Å². The number of hydrogen-bond acceptors (Lipinski definition) is 2. The van der Waals surface area contributed by atoms with E-state index < -0.39 is 11.7 Å². The van der Waals surface area contributed by atoms with Gasteiger partial charge in [-0.1, -0.05) is 0 Å². The summed E-state index contributed by atoms with van der Waals surface area (Å²) in [5.41, 5.74) is -0.0622. The Labute approximate surface area is 91.3 Å². The molecule has 0 aliphatic carbocycles. The number of rotatable bonds is 0. The van der Waals surface area contributed by atoms with Crippen LogP contribution >= 0.6 is 15.9 Å². The van der Waals surface area contributed by atoms with Gasteiger partial charge in [0.2, 0.25) is 0 Å². The summed E-state index contributed by atoms with van der Waals surface area (Å²) in [4.78, 5) is 7.83. The zero-order valence-electron chi connectivity index (χ0n) is 7.22. The summed E-state index contributed by atoms with van der Waals surface area (Å²) < 4.78 is 37.5. The maximum atomic E-state index is 12.4. The van der Waals surface area contributed by atoms with E-state index in [2.05, 4.69) is 25.9 Å². The van der Waals surface area contributed by atoms with E-state index in [0.29, 0.717) is 10.1 Å². The molecule has 0 bridgehead atoms. The molecule has 78 valence electrons. The van der Waals surface area contributed by atoms with Gasteiger partial charge in [0, 0.05) is 0 Å². The van der Waals surface area contributed by atoms with Gasteiger partial charge in [0.25, 0.3) is 0 Å². The molecule has 0 fully saturated rings. The quantitative estimate of drug-likeness (QED) is 0.737. The lowest BCUT2D eigenvalue weighted by Crippen LogP contribution is -2.04. The molecule has 0 amide bonds. The lowest BCUT2D eigenvalue weighted by molar-refractivity contribution is -0.137. The summed E-state index contributed by atoms with van der Waals surface area (Å²) in [7, 11) is 0. The standard InChI is InChI=1S/C9H4BrF3N2/c10-8-4-14-6-2-1-5(9(11,12)13)3-7(6)15-8/h1-4H. The molecule has 2 nitrogen and oxygen atoms in total. The van der Waals surface area contributed by atoms with Crippen LogP contribution in [0, 0.1) is 0 Å². The molecule has 0 saturated carbocycles. The molecule has 0 aliphatic heterocycles. The Morgan fingerprint density at radius 1 is 1.13 bits per heavy atom. The Morgan fingerprint density at radius 3 is 2.53 bits per heavy atom. The van der Waals surface area contributed by atoms with Crippen LogP contribution in [0.3, 0.4) is 0 Å². The molecule has 0 saturated heterocycles. The van der Waals surface area contributed by atoms with Crippen LogP contribution in [-0.2, 0) is 6.18 Å². The molecule has 0 spiro atoms. The Kier molecular flexibility index (Phi) is 2.38. The van der Waals surface area contributed by atoms with E-state index in [4.69, 9.17) is 0 Å². The zero-order valence-corrected chi connectivity index (χ0v) is 8.80. The van der Waals surface area contributed by atoms with Gasteiger partial charge in [0.15, 0.2) is 0 Å². The topological polar surface area (TPSA) is 25.8 Å². The van der Waals surface area contributed by atoms with E-state index in [0.717, 1.165) is 12.1 Å². The minimum atomic E-state index is -4.35. The number of nitrogens with zero attached hydrogens (tertiary/aromatic N) is 2. The lowest BCUT2D eigenvalue weighted by Gasteiger charge is -2.06. The summed E-state index contributed by atoms with van der Waals surface area (Å²) >= 11 is 3.05. The molecule has 1 aromatic heterocycles. The molecule has 6 heteroatoms. The summed E-state index contributed by atoms with van der Waals surface area (Å²) in [6, 6.07) is 3.27. The molecule has 0 N–H and O–H groups in total. The van der Waals surface area contributed by atoms with Gasteiger partial charge in [0.1, 0.15) is 4.60 Å². The molecular weight excluding hydrogens is 273 g/mol. The maximum Gasteiger partial charge on any atom is 0.416 e. The highest BCUT2D eigenvalue weighted by atomic mass is 79.9. The summed E-state index contributed by atoms with van der Waals surface area (Å²) in [5.74, 6) is 0. The second-order valence-electron chi connectivity index (χ2n) is 2.89. The fourth-order valence-corrected chi connectivity index (χ4v) is 1.46. The highest BCUT2D eigenvalue weighted by molar-refractivity contribution is 9.10. The van der Waals surface area contributed by atoms with Crippen molar-refractivity contribution in [1.29, 1.82) is 0 Å². The fourth-order valence-electron chi connectivity index (χ4n) is 1.17. The second kappa shape index (κ2) is 3.44. The largest absolute Gasteiger partial charge is 0.416 e. The van der Waals surface area contributed by atoms with Gasteiger partial charge in [-0.15, -0.1) is 0 Å². The van der Waals surface area contributed by atoms with Crippen molar-refractivity contribution in [3.8, 4) is 0 Å². The first-order valence-electron chi connectivity index (χ1n) is 3.96. The number of fused-ring (bicyclic) bond motifs is 1. The molecule has 2 aromatic rings. The Hall–Kier alpha value is -1.17. The van der Waals surface area contributed by atoms with Gasteiger partial charge in [-0.25, -0.2) is 4.98 Å². The van der Waals surface area contributed by atoms with E-state index in [1.165, 1.54) is 12.3 Å². The molecule has 0 radical (unpaired) electrons. The maximum absolute atomic E-state index is 12.4. The van der Waals surface area contributed by atoms with Gasteiger partial charge in [-0.3, -0.25) is 4.98 Å². The highest BCUT2D eigenvalue weighted by Gasteiger charge is 2.30. The van der Waals surface area contributed by atoms with Crippen molar-refractivity contribution in [1.82, 2.24) is 9.97 Å². The van der Waals surface area contributed by atoms with Crippen molar-refractivity contribution >= 4 is 27.0 Å². The van der Waals surface area contributed by atoms with Crippen molar-refractivity contribution in [3.05, 3.63) is 34.6 Å². The summed E-state index contributed by atoms with van der Waals surface area (Å²) in [5, 5.41) is 0. The van der Waals surface area contributed by atoms with E-state index in [-0.39, 0.29) is 5.52 Å². The Bertz CT molecular complexity index is 510. The molecule has 15 heavy (non-hydrogen) atoms. The number of halogens is 4. The monoisotopic (exact) mass is 276 g/mol. The van der Waals surface area contributed by atoms with Crippen LogP contribution in [0.15, 0.2) is 29.0 Å². The number of aromatic nitrogens is 2. The van der Waals surface area contributed by atoms with Crippen LogP contribution in [0.2, 0.25) is 0 Å². The van der Waals surface area contributed by atoms with Crippen molar-refractivity contribution in [3.63, 3.8) is 0 Å². The first-order chi connectivity index (χ1) is 6.97. The molecule has 0 aliphatic rings. The van der Waals surface area contributed by atoms with Crippen LogP contribution < -0.4 is 0 Å². The predicted octanol–water partition coefficient (Wildman–Crippen LogP) is 3.41. The zero-order chi connectivity index (χ0) is 11.1. The third kappa shape index (κ3) is 2.09. The van der Waals surface area contributed by atoms with Gasteiger partial charge < -0.3 is 0 Å². The van der Waals surface area contributed by atoms with Gasteiger partial charge in [0.05, 0.1) is 22.8 Å². The van der Waals surface area contributed by atoms with E-state index in [9.17, 15) is 13.2 Å². The first-order valence-corrected chi connectivity index (χ1v) is 4.75. The molecule has 1 aromatic carbocycles. The van der Waals surface area contributed by atoms with Gasteiger partial charge in [-0.2, -0.15) is 13.2 Å². The van der Waals surface area contributed by atoms with E-state index in [1.54, 1.807) is 0 Å². The van der Waals surface area contributed by atoms with Gasteiger partial charge in [-0.05, 0) is 34.1 Å². The van der Waals surface area contributed by atoms with Crippen molar-refractivity contribution in [2.45, 2.75) is 6.18 Å².